The van der Waals surface area contributed by atoms with Crippen molar-refractivity contribution in [3.63, 3.8) is 0 Å². The number of hydrogen-bond acceptors (Lipinski definition) is 3. The average Bonchev–Trinajstić information content (AvgIpc) is 2.36. The Morgan fingerprint density at radius 1 is 1.44 bits per heavy atom. The SMILES string of the molecule is COC1(OC)C[CH]CO1. The number of hydrogen-bond donors (Lipinski definition) is 0. The van der Waals surface area contributed by atoms with Crippen molar-refractivity contribution in [1.82, 2.24) is 0 Å². The van der Waals surface area contributed by atoms with Gasteiger partial charge in [-0.1, -0.05) is 0 Å². The van der Waals surface area contributed by atoms with E-state index < -0.39 is 5.97 Å². The summed E-state index contributed by atoms with van der Waals surface area (Å²) in [6.07, 6.45) is 2.69. The lowest BCUT2D eigenvalue weighted by atomic mass is 10.3. The molecule has 3 heteroatoms. The molecular formula is C6H11O3. The maximum Gasteiger partial charge on any atom is 0.282 e. The quantitative estimate of drug-likeness (QED) is 0.512. The van der Waals surface area contributed by atoms with Crippen molar-refractivity contribution in [2.45, 2.75) is 12.4 Å². The van der Waals surface area contributed by atoms with Crippen LogP contribution in [0.3, 0.4) is 0 Å². The van der Waals surface area contributed by atoms with Crippen LogP contribution in [0.1, 0.15) is 6.42 Å². The first-order valence-corrected chi connectivity index (χ1v) is 2.89. The zero-order valence-electron chi connectivity index (χ0n) is 5.72. The van der Waals surface area contributed by atoms with Gasteiger partial charge in [0.15, 0.2) is 0 Å². The van der Waals surface area contributed by atoms with E-state index in [-0.39, 0.29) is 0 Å². The van der Waals surface area contributed by atoms with Gasteiger partial charge in [0, 0.05) is 20.6 Å². The van der Waals surface area contributed by atoms with Crippen LogP contribution in [0.2, 0.25) is 0 Å². The molecule has 1 heterocycles. The minimum atomic E-state index is -0.778. The molecule has 1 aliphatic heterocycles. The second kappa shape index (κ2) is 2.64. The largest absolute Gasteiger partial charge is 0.331 e. The van der Waals surface area contributed by atoms with Crippen molar-refractivity contribution in [2.75, 3.05) is 20.8 Å². The van der Waals surface area contributed by atoms with E-state index in [4.69, 9.17) is 14.2 Å². The summed E-state index contributed by atoms with van der Waals surface area (Å²) >= 11 is 0. The van der Waals surface area contributed by atoms with E-state index in [1.807, 2.05) is 6.42 Å². The maximum atomic E-state index is 5.14. The van der Waals surface area contributed by atoms with Crippen molar-refractivity contribution < 1.29 is 14.2 Å². The molecule has 9 heavy (non-hydrogen) atoms. The Morgan fingerprint density at radius 3 is 2.33 bits per heavy atom. The molecule has 53 valence electrons. The van der Waals surface area contributed by atoms with Gasteiger partial charge in [-0.3, -0.25) is 0 Å². The molecule has 0 unspecified atom stereocenters. The molecule has 0 amide bonds. The van der Waals surface area contributed by atoms with Crippen LogP contribution < -0.4 is 0 Å². The second-order valence-electron chi connectivity index (χ2n) is 1.90. The van der Waals surface area contributed by atoms with E-state index in [1.165, 1.54) is 0 Å². The van der Waals surface area contributed by atoms with Crippen molar-refractivity contribution in [2.24, 2.45) is 0 Å². The Bertz CT molecular complexity index is 80.3. The summed E-state index contributed by atoms with van der Waals surface area (Å²) < 4.78 is 15.1. The predicted molar refractivity (Wildman–Crippen MR) is 31.6 cm³/mol. The van der Waals surface area contributed by atoms with E-state index in [9.17, 15) is 0 Å². The topological polar surface area (TPSA) is 27.7 Å². The maximum absolute atomic E-state index is 5.14. The molecular weight excluding hydrogens is 120 g/mol. The van der Waals surface area contributed by atoms with Crippen LogP contribution in [0.5, 0.6) is 0 Å². The zero-order valence-corrected chi connectivity index (χ0v) is 5.72. The van der Waals surface area contributed by atoms with Gasteiger partial charge in [-0.25, -0.2) is 0 Å². The fourth-order valence-electron chi connectivity index (χ4n) is 0.848. The molecule has 1 radical (unpaired) electrons. The molecule has 0 bridgehead atoms. The van der Waals surface area contributed by atoms with Crippen LogP contribution in [-0.4, -0.2) is 26.8 Å². The highest BCUT2D eigenvalue weighted by molar-refractivity contribution is 4.78. The Morgan fingerprint density at radius 2 is 2.11 bits per heavy atom. The summed E-state index contributed by atoms with van der Waals surface area (Å²) in [5.41, 5.74) is 0. The Kier molecular flexibility index (Phi) is 2.05. The number of rotatable bonds is 2. The normalized spacial score (nSPS) is 24.7. The van der Waals surface area contributed by atoms with Crippen molar-refractivity contribution in [3.8, 4) is 0 Å². The van der Waals surface area contributed by atoms with Gasteiger partial charge in [-0.05, 0) is 6.42 Å². The summed E-state index contributed by atoms with van der Waals surface area (Å²) in [7, 11) is 3.14. The molecule has 1 rings (SSSR count). The van der Waals surface area contributed by atoms with Crippen molar-refractivity contribution >= 4 is 0 Å². The van der Waals surface area contributed by atoms with E-state index >= 15 is 0 Å². The first kappa shape index (κ1) is 6.99. The fraction of sp³-hybridized carbons (Fsp3) is 0.833. The third-order valence-electron chi connectivity index (χ3n) is 1.44. The lowest BCUT2D eigenvalue weighted by molar-refractivity contribution is -0.340. The van der Waals surface area contributed by atoms with Crippen LogP contribution >= 0.6 is 0 Å². The molecule has 1 fully saturated rings. The molecule has 0 atom stereocenters. The van der Waals surface area contributed by atoms with Crippen LogP contribution in [0.15, 0.2) is 0 Å². The van der Waals surface area contributed by atoms with Crippen LogP contribution in [0.25, 0.3) is 0 Å². The summed E-state index contributed by atoms with van der Waals surface area (Å²) in [5.74, 6) is -0.778. The highest BCUT2D eigenvalue weighted by atomic mass is 16.9. The molecule has 0 aromatic rings. The highest BCUT2D eigenvalue weighted by Gasteiger charge is 2.35. The molecule has 0 aliphatic carbocycles. The summed E-state index contributed by atoms with van der Waals surface area (Å²) in [4.78, 5) is 0. The molecule has 1 aliphatic rings. The first-order valence-electron chi connectivity index (χ1n) is 2.89. The first-order chi connectivity index (χ1) is 4.33. The third-order valence-corrected chi connectivity index (χ3v) is 1.44. The standard InChI is InChI=1S/C6H11O3/c1-7-6(8-2)4-3-5-9-6/h3H,4-5H2,1-2H3. The van der Waals surface area contributed by atoms with Gasteiger partial charge in [-0.2, -0.15) is 0 Å². The van der Waals surface area contributed by atoms with Crippen LogP contribution in [-0.2, 0) is 14.2 Å². The van der Waals surface area contributed by atoms with E-state index in [0.29, 0.717) is 13.0 Å². The lowest BCUT2D eigenvalue weighted by Gasteiger charge is -2.23. The smallest absolute Gasteiger partial charge is 0.282 e. The second-order valence-corrected chi connectivity index (χ2v) is 1.90. The summed E-state index contributed by atoms with van der Waals surface area (Å²) in [6, 6.07) is 0. The van der Waals surface area contributed by atoms with Crippen molar-refractivity contribution in [3.05, 3.63) is 6.42 Å². The monoisotopic (exact) mass is 131 g/mol. The third kappa shape index (κ3) is 1.23. The van der Waals surface area contributed by atoms with Gasteiger partial charge in [0.25, 0.3) is 5.97 Å². The van der Waals surface area contributed by atoms with E-state index in [0.717, 1.165) is 0 Å². The number of methoxy groups -OCH3 is 2. The van der Waals surface area contributed by atoms with Gasteiger partial charge in [0.2, 0.25) is 0 Å². The number of ether oxygens (including phenoxy) is 3. The van der Waals surface area contributed by atoms with E-state index in [1.54, 1.807) is 14.2 Å². The van der Waals surface area contributed by atoms with Crippen LogP contribution in [0.4, 0.5) is 0 Å². The summed E-state index contributed by atoms with van der Waals surface area (Å²) in [5, 5.41) is 0. The summed E-state index contributed by atoms with van der Waals surface area (Å²) in [6.45, 7) is 0.613. The molecule has 0 aromatic carbocycles. The van der Waals surface area contributed by atoms with Gasteiger partial charge in [0.1, 0.15) is 0 Å². The molecule has 0 N–H and O–H groups in total. The minimum Gasteiger partial charge on any atom is -0.331 e. The zero-order chi connectivity index (χ0) is 6.74. The lowest BCUT2D eigenvalue weighted by Crippen LogP contribution is -2.31. The van der Waals surface area contributed by atoms with Crippen LogP contribution in [0, 0.1) is 6.42 Å². The van der Waals surface area contributed by atoms with Gasteiger partial charge < -0.3 is 14.2 Å². The van der Waals surface area contributed by atoms with Gasteiger partial charge in [-0.15, -0.1) is 0 Å². The Hall–Kier alpha value is -0.120. The van der Waals surface area contributed by atoms with Gasteiger partial charge in [0.05, 0.1) is 6.61 Å². The fourth-order valence-corrected chi connectivity index (χ4v) is 0.848. The van der Waals surface area contributed by atoms with Gasteiger partial charge >= 0.3 is 0 Å². The Balaban J connectivity index is 2.45. The predicted octanol–water partition coefficient (Wildman–Crippen LogP) is 0.558. The molecule has 1 saturated heterocycles. The Labute approximate surface area is 54.9 Å². The van der Waals surface area contributed by atoms with E-state index in [2.05, 4.69) is 0 Å². The average molecular weight is 131 g/mol. The molecule has 0 aromatic heterocycles. The molecule has 0 saturated carbocycles. The molecule has 0 spiro atoms. The molecule has 3 nitrogen and oxygen atoms in total. The minimum absolute atomic E-state index is 0.613. The van der Waals surface area contributed by atoms with Crippen molar-refractivity contribution in [1.29, 1.82) is 0 Å². The highest BCUT2D eigenvalue weighted by Crippen LogP contribution is 2.25.